The first-order chi connectivity index (χ1) is 9.92. The Balaban J connectivity index is 0.00000242. The Bertz CT molecular complexity index is 595. The van der Waals surface area contributed by atoms with Crippen LogP contribution in [0.4, 0.5) is 0 Å². The summed E-state index contributed by atoms with van der Waals surface area (Å²) < 4.78 is 26.9. The van der Waals surface area contributed by atoms with Crippen LogP contribution in [0.15, 0.2) is 35.2 Å². The largest absolute Gasteiger partial charge is 0.336 e. The summed E-state index contributed by atoms with van der Waals surface area (Å²) in [6.45, 7) is 5.58. The lowest BCUT2D eigenvalue weighted by molar-refractivity contribution is -0.135. The van der Waals surface area contributed by atoms with E-state index in [0.717, 1.165) is 13.1 Å². The van der Waals surface area contributed by atoms with Crippen LogP contribution in [0.3, 0.4) is 0 Å². The van der Waals surface area contributed by atoms with Crippen LogP contribution in [-0.2, 0) is 14.8 Å². The van der Waals surface area contributed by atoms with Crippen molar-refractivity contribution in [2.45, 2.75) is 30.8 Å². The molecule has 8 heteroatoms. The number of piperazine rings is 1. The molecule has 1 saturated heterocycles. The molecule has 2 atom stereocenters. The van der Waals surface area contributed by atoms with Gasteiger partial charge >= 0.3 is 0 Å². The summed E-state index contributed by atoms with van der Waals surface area (Å²) >= 11 is 0. The summed E-state index contributed by atoms with van der Waals surface area (Å²) in [5, 5.41) is 3.20. The molecule has 1 aliphatic rings. The van der Waals surface area contributed by atoms with Crippen molar-refractivity contribution in [3.8, 4) is 0 Å². The number of carbonyl (C=O) groups excluding carboxylic acids is 1. The van der Waals surface area contributed by atoms with E-state index in [0.29, 0.717) is 6.54 Å². The Morgan fingerprint density at radius 2 is 2.00 bits per heavy atom. The Hall–Kier alpha value is -1.15. The number of nitrogens with one attached hydrogen (secondary N) is 2. The van der Waals surface area contributed by atoms with Gasteiger partial charge in [-0.2, -0.15) is 4.72 Å². The molecule has 0 radical (unpaired) electrons. The average Bonchev–Trinajstić information content (AvgIpc) is 2.47. The number of benzene rings is 1. The van der Waals surface area contributed by atoms with E-state index in [1.54, 1.807) is 30.0 Å². The fourth-order valence-electron chi connectivity index (χ4n) is 2.37. The Kier molecular flexibility index (Phi) is 6.80. The molecule has 2 N–H and O–H groups in total. The van der Waals surface area contributed by atoms with Crippen LogP contribution in [-0.4, -0.2) is 50.9 Å². The van der Waals surface area contributed by atoms with Crippen molar-refractivity contribution in [3.05, 3.63) is 30.3 Å². The van der Waals surface area contributed by atoms with Gasteiger partial charge in [0.1, 0.15) is 0 Å². The van der Waals surface area contributed by atoms with Gasteiger partial charge in [-0.25, -0.2) is 8.42 Å². The van der Waals surface area contributed by atoms with Crippen molar-refractivity contribution in [2.24, 2.45) is 0 Å². The molecule has 2 rings (SSSR count). The zero-order valence-corrected chi connectivity index (χ0v) is 14.3. The third kappa shape index (κ3) is 4.42. The fourth-order valence-corrected chi connectivity index (χ4v) is 3.59. The van der Waals surface area contributed by atoms with Gasteiger partial charge in [0.05, 0.1) is 10.9 Å². The van der Waals surface area contributed by atoms with Gasteiger partial charge < -0.3 is 10.2 Å². The quantitative estimate of drug-likeness (QED) is 0.836. The highest BCUT2D eigenvalue weighted by Crippen LogP contribution is 2.10. The van der Waals surface area contributed by atoms with Gasteiger partial charge in [-0.15, -0.1) is 12.4 Å². The van der Waals surface area contributed by atoms with Gasteiger partial charge in [0.2, 0.25) is 15.9 Å². The molecule has 0 spiro atoms. The summed E-state index contributed by atoms with van der Waals surface area (Å²) in [6.07, 6.45) is 0. The van der Waals surface area contributed by atoms with E-state index < -0.39 is 16.1 Å². The first-order valence-electron chi connectivity index (χ1n) is 7.00. The molecule has 1 amide bonds. The molecule has 124 valence electrons. The predicted molar refractivity (Wildman–Crippen MR) is 87.5 cm³/mol. The molecule has 0 aromatic heterocycles. The molecule has 0 aliphatic carbocycles. The van der Waals surface area contributed by atoms with Gasteiger partial charge in [-0.05, 0) is 26.0 Å². The van der Waals surface area contributed by atoms with Gasteiger partial charge in [-0.3, -0.25) is 4.79 Å². The van der Waals surface area contributed by atoms with Crippen molar-refractivity contribution in [1.82, 2.24) is 14.9 Å². The van der Waals surface area contributed by atoms with Crippen molar-refractivity contribution < 1.29 is 13.2 Å². The Morgan fingerprint density at radius 1 is 1.36 bits per heavy atom. The maximum absolute atomic E-state index is 12.4. The van der Waals surface area contributed by atoms with Gasteiger partial charge in [-0.1, -0.05) is 18.2 Å². The minimum atomic E-state index is -3.67. The minimum absolute atomic E-state index is 0. The SMILES string of the molecule is CC(NS(=O)(=O)c1ccccc1)C(=O)N1CCNC[C@@H]1C.Cl. The molecule has 1 aromatic carbocycles. The summed E-state index contributed by atoms with van der Waals surface area (Å²) in [6, 6.07) is 7.35. The van der Waals surface area contributed by atoms with E-state index in [9.17, 15) is 13.2 Å². The maximum Gasteiger partial charge on any atom is 0.241 e. The van der Waals surface area contributed by atoms with Crippen molar-refractivity contribution in [1.29, 1.82) is 0 Å². The summed E-state index contributed by atoms with van der Waals surface area (Å²) in [7, 11) is -3.67. The first kappa shape index (κ1) is 18.9. The molecule has 1 aliphatic heterocycles. The average molecular weight is 348 g/mol. The van der Waals surface area contributed by atoms with Crippen molar-refractivity contribution in [2.75, 3.05) is 19.6 Å². The van der Waals surface area contributed by atoms with E-state index >= 15 is 0 Å². The number of amides is 1. The van der Waals surface area contributed by atoms with E-state index in [4.69, 9.17) is 0 Å². The maximum atomic E-state index is 12.4. The van der Waals surface area contributed by atoms with E-state index in [1.807, 2.05) is 6.92 Å². The van der Waals surface area contributed by atoms with Gasteiger partial charge in [0.25, 0.3) is 0 Å². The van der Waals surface area contributed by atoms with Gasteiger partial charge in [0.15, 0.2) is 0 Å². The third-order valence-electron chi connectivity index (χ3n) is 3.54. The lowest BCUT2D eigenvalue weighted by atomic mass is 10.2. The normalized spacial score (nSPS) is 20.1. The molecule has 0 bridgehead atoms. The predicted octanol–water partition coefficient (Wildman–Crippen LogP) is 0.595. The Morgan fingerprint density at radius 3 is 2.59 bits per heavy atom. The highest BCUT2D eigenvalue weighted by atomic mass is 35.5. The molecular formula is C14H22ClN3O3S. The molecule has 22 heavy (non-hydrogen) atoms. The standard InChI is InChI=1S/C14H21N3O3S.ClH/c1-11-10-15-8-9-17(11)14(18)12(2)16-21(19,20)13-6-4-3-5-7-13;/h3-7,11-12,15-16H,8-10H2,1-2H3;1H/t11-,12?;/m0./s1. The summed E-state index contributed by atoms with van der Waals surface area (Å²) in [5.74, 6) is -0.191. The van der Waals surface area contributed by atoms with E-state index in [1.165, 1.54) is 12.1 Å². The van der Waals surface area contributed by atoms with Crippen molar-refractivity contribution >= 4 is 28.3 Å². The fraction of sp³-hybridized carbons (Fsp3) is 0.500. The topological polar surface area (TPSA) is 78.5 Å². The lowest BCUT2D eigenvalue weighted by Gasteiger charge is -2.35. The number of halogens is 1. The van der Waals surface area contributed by atoms with E-state index in [-0.39, 0.29) is 29.3 Å². The van der Waals surface area contributed by atoms with Crippen LogP contribution in [0, 0.1) is 0 Å². The molecule has 1 aromatic rings. The second-order valence-corrected chi connectivity index (χ2v) is 6.95. The van der Waals surface area contributed by atoms with Crippen LogP contribution in [0.2, 0.25) is 0 Å². The third-order valence-corrected chi connectivity index (χ3v) is 5.10. The monoisotopic (exact) mass is 347 g/mol. The molecule has 1 unspecified atom stereocenters. The summed E-state index contributed by atoms with van der Waals surface area (Å²) in [5.41, 5.74) is 0. The van der Waals surface area contributed by atoms with Gasteiger partial charge in [0, 0.05) is 25.7 Å². The zero-order valence-electron chi connectivity index (χ0n) is 12.7. The second-order valence-electron chi connectivity index (χ2n) is 5.24. The second kappa shape index (κ2) is 7.92. The number of sulfonamides is 1. The van der Waals surface area contributed by atoms with Crippen LogP contribution in [0.25, 0.3) is 0 Å². The molecule has 1 fully saturated rings. The number of carbonyl (C=O) groups is 1. The Labute approximate surface area is 137 Å². The molecule has 0 saturated carbocycles. The number of hydrogen-bond donors (Lipinski definition) is 2. The highest BCUT2D eigenvalue weighted by molar-refractivity contribution is 7.89. The first-order valence-corrected chi connectivity index (χ1v) is 8.48. The van der Waals surface area contributed by atoms with Crippen LogP contribution in [0.5, 0.6) is 0 Å². The van der Waals surface area contributed by atoms with E-state index in [2.05, 4.69) is 10.0 Å². The highest BCUT2D eigenvalue weighted by Gasteiger charge is 2.29. The molecule has 1 heterocycles. The number of rotatable bonds is 4. The van der Waals surface area contributed by atoms with Crippen LogP contribution < -0.4 is 10.0 Å². The molecule has 6 nitrogen and oxygen atoms in total. The zero-order chi connectivity index (χ0) is 15.5. The van der Waals surface area contributed by atoms with Crippen molar-refractivity contribution in [3.63, 3.8) is 0 Å². The summed E-state index contributed by atoms with van der Waals surface area (Å²) in [4.78, 5) is 14.3. The molecular weight excluding hydrogens is 326 g/mol. The lowest BCUT2D eigenvalue weighted by Crippen LogP contribution is -2.57. The smallest absolute Gasteiger partial charge is 0.241 e. The van der Waals surface area contributed by atoms with Crippen LogP contribution in [0.1, 0.15) is 13.8 Å². The number of hydrogen-bond acceptors (Lipinski definition) is 4. The number of nitrogens with zero attached hydrogens (tertiary/aromatic N) is 1. The minimum Gasteiger partial charge on any atom is -0.336 e. The van der Waals surface area contributed by atoms with Crippen LogP contribution >= 0.6 is 12.4 Å².